The van der Waals surface area contributed by atoms with Crippen molar-refractivity contribution in [3.8, 4) is 0 Å². The lowest BCUT2D eigenvalue weighted by Gasteiger charge is -2.47. The largest absolute Gasteiger partial charge is 0.375 e. The van der Waals surface area contributed by atoms with Crippen molar-refractivity contribution >= 4 is 0 Å². The topological polar surface area (TPSA) is 34.2 Å². The molecule has 0 aromatic rings. The predicted molar refractivity (Wildman–Crippen MR) is 109 cm³/mol. The third kappa shape index (κ3) is 6.67. The van der Waals surface area contributed by atoms with Crippen molar-refractivity contribution in [2.24, 2.45) is 0 Å². The first-order valence-corrected chi connectivity index (χ1v) is 11.0. The summed E-state index contributed by atoms with van der Waals surface area (Å²) in [5, 5.41) is 0. The van der Waals surface area contributed by atoms with Crippen LogP contribution in [0.25, 0.3) is 0 Å². The van der Waals surface area contributed by atoms with Gasteiger partial charge in [-0.1, -0.05) is 0 Å². The number of hydrogen-bond acceptors (Lipinski definition) is 5. The molecule has 1 aliphatic carbocycles. The van der Waals surface area contributed by atoms with Crippen LogP contribution in [-0.2, 0) is 14.2 Å². The van der Waals surface area contributed by atoms with Gasteiger partial charge in [0.25, 0.3) is 0 Å². The molecular weight excluding hydrogens is 340 g/mol. The lowest BCUT2D eigenvalue weighted by atomic mass is 9.90. The molecule has 0 spiro atoms. The van der Waals surface area contributed by atoms with Crippen molar-refractivity contribution in [2.75, 3.05) is 39.3 Å². The Morgan fingerprint density at radius 2 is 1.44 bits per heavy atom. The molecule has 158 valence electrons. The highest BCUT2D eigenvalue weighted by Crippen LogP contribution is 2.32. The number of rotatable bonds is 7. The molecule has 0 aromatic heterocycles. The molecule has 3 fully saturated rings. The third-order valence-corrected chi connectivity index (χ3v) is 6.05. The molecule has 2 saturated heterocycles. The van der Waals surface area contributed by atoms with E-state index in [-0.39, 0.29) is 11.1 Å². The van der Waals surface area contributed by atoms with Crippen LogP contribution in [0.4, 0.5) is 0 Å². The fourth-order valence-electron chi connectivity index (χ4n) is 4.21. The van der Waals surface area contributed by atoms with Crippen molar-refractivity contribution in [3.05, 3.63) is 0 Å². The van der Waals surface area contributed by atoms with Gasteiger partial charge in [-0.25, -0.2) is 0 Å². The van der Waals surface area contributed by atoms with Crippen molar-refractivity contribution in [3.63, 3.8) is 0 Å². The minimum Gasteiger partial charge on any atom is -0.375 e. The van der Waals surface area contributed by atoms with Crippen LogP contribution in [0.2, 0.25) is 0 Å². The van der Waals surface area contributed by atoms with Gasteiger partial charge in [0.15, 0.2) is 0 Å². The fourth-order valence-corrected chi connectivity index (χ4v) is 4.21. The molecule has 2 aliphatic heterocycles. The van der Waals surface area contributed by atoms with Gasteiger partial charge in [-0.15, -0.1) is 0 Å². The van der Waals surface area contributed by atoms with E-state index in [1.165, 1.54) is 0 Å². The first-order valence-electron chi connectivity index (χ1n) is 11.0. The van der Waals surface area contributed by atoms with E-state index >= 15 is 0 Å². The molecule has 27 heavy (non-hydrogen) atoms. The SMILES string of the molecule is CC(C)(C)OC1CC(OC2CCN(CCOC3CN(C(C)(C)C)C3)CC2)C1. The summed E-state index contributed by atoms with van der Waals surface area (Å²) in [6, 6.07) is 0. The molecular formula is C22H42N2O3. The smallest absolute Gasteiger partial charge is 0.0829 e. The van der Waals surface area contributed by atoms with Crippen LogP contribution in [0.15, 0.2) is 0 Å². The van der Waals surface area contributed by atoms with Crippen LogP contribution in [-0.4, -0.2) is 84.7 Å². The molecule has 5 nitrogen and oxygen atoms in total. The molecule has 3 aliphatic rings. The van der Waals surface area contributed by atoms with Crippen LogP contribution in [0.1, 0.15) is 67.2 Å². The molecule has 0 unspecified atom stereocenters. The van der Waals surface area contributed by atoms with E-state index in [1.54, 1.807) is 0 Å². The summed E-state index contributed by atoms with van der Waals surface area (Å²) in [7, 11) is 0. The van der Waals surface area contributed by atoms with Crippen LogP contribution in [0.5, 0.6) is 0 Å². The Morgan fingerprint density at radius 1 is 0.815 bits per heavy atom. The van der Waals surface area contributed by atoms with E-state index in [9.17, 15) is 0 Å². The summed E-state index contributed by atoms with van der Waals surface area (Å²) in [5.74, 6) is 0. The molecule has 0 aromatic carbocycles. The number of nitrogens with zero attached hydrogens (tertiary/aromatic N) is 2. The third-order valence-electron chi connectivity index (χ3n) is 6.05. The zero-order valence-electron chi connectivity index (χ0n) is 18.5. The number of hydrogen-bond donors (Lipinski definition) is 0. The second-order valence-corrected chi connectivity index (χ2v) is 10.7. The summed E-state index contributed by atoms with van der Waals surface area (Å²) in [6.07, 6.45) is 6.14. The second kappa shape index (κ2) is 8.66. The highest BCUT2D eigenvalue weighted by atomic mass is 16.5. The molecule has 0 amide bonds. The van der Waals surface area contributed by atoms with Crippen LogP contribution >= 0.6 is 0 Å². The zero-order valence-corrected chi connectivity index (χ0v) is 18.5. The monoisotopic (exact) mass is 382 g/mol. The average molecular weight is 383 g/mol. The van der Waals surface area contributed by atoms with Crippen LogP contribution in [0, 0.1) is 0 Å². The Bertz CT molecular complexity index is 451. The molecule has 0 radical (unpaired) electrons. The standard InChI is InChI=1S/C22H42N2O3/c1-21(2,3)24-15-20(16-24)25-12-11-23-9-7-17(8-10-23)26-18-13-19(14-18)27-22(4,5)6/h17-20H,7-16H2,1-6H3. The molecule has 0 N–H and O–H groups in total. The van der Waals surface area contributed by atoms with Gasteiger partial charge in [-0.3, -0.25) is 4.90 Å². The number of piperidine rings is 1. The van der Waals surface area contributed by atoms with E-state index in [0.717, 1.165) is 65.0 Å². The molecule has 1 saturated carbocycles. The zero-order chi connectivity index (χ0) is 19.7. The lowest BCUT2D eigenvalue weighted by molar-refractivity contribution is -0.168. The first kappa shape index (κ1) is 21.5. The molecule has 5 heteroatoms. The predicted octanol–water partition coefficient (Wildman–Crippen LogP) is 3.31. The second-order valence-electron chi connectivity index (χ2n) is 10.7. The van der Waals surface area contributed by atoms with Crippen molar-refractivity contribution in [1.82, 2.24) is 9.80 Å². The molecule has 3 rings (SSSR count). The van der Waals surface area contributed by atoms with E-state index in [2.05, 4.69) is 51.3 Å². The van der Waals surface area contributed by atoms with Gasteiger partial charge in [-0.2, -0.15) is 0 Å². The average Bonchev–Trinajstić information content (AvgIpc) is 2.46. The van der Waals surface area contributed by atoms with E-state index in [4.69, 9.17) is 14.2 Å². The highest BCUT2D eigenvalue weighted by Gasteiger charge is 2.36. The number of likely N-dealkylation sites (tertiary alicyclic amines) is 2. The lowest BCUT2D eigenvalue weighted by Crippen LogP contribution is -2.59. The van der Waals surface area contributed by atoms with Gasteiger partial charge in [0.2, 0.25) is 0 Å². The van der Waals surface area contributed by atoms with Crippen LogP contribution in [0.3, 0.4) is 0 Å². The number of ether oxygens (including phenoxy) is 3. The maximum absolute atomic E-state index is 6.29. The van der Waals surface area contributed by atoms with Crippen molar-refractivity contribution in [1.29, 1.82) is 0 Å². The molecule has 0 bridgehead atoms. The minimum absolute atomic E-state index is 0.0342. The van der Waals surface area contributed by atoms with Gasteiger partial charge in [0, 0.05) is 38.3 Å². The van der Waals surface area contributed by atoms with Gasteiger partial charge >= 0.3 is 0 Å². The van der Waals surface area contributed by atoms with E-state index in [1.807, 2.05) is 0 Å². The Balaban J connectivity index is 1.20. The Kier molecular flexibility index (Phi) is 6.90. The summed E-state index contributed by atoms with van der Waals surface area (Å²) in [6.45, 7) is 19.6. The maximum atomic E-state index is 6.29. The highest BCUT2D eigenvalue weighted by molar-refractivity contribution is 4.89. The van der Waals surface area contributed by atoms with Gasteiger partial charge in [-0.05, 0) is 67.2 Å². The minimum atomic E-state index is -0.0342. The molecule has 0 atom stereocenters. The van der Waals surface area contributed by atoms with Gasteiger partial charge in [0.1, 0.15) is 0 Å². The van der Waals surface area contributed by atoms with E-state index in [0.29, 0.717) is 24.4 Å². The summed E-state index contributed by atoms with van der Waals surface area (Å²) < 4.78 is 18.3. The Labute approximate surface area is 166 Å². The quantitative estimate of drug-likeness (QED) is 0.675. The Hall–Kier alpha value is -0.200. The van der Waals surface area contributed by atoms with Gasteiger partial charge in [0.05, 0.1) is 36.6 Å². The van der Waals surface area contributed by atoms with Crippen molar-refractivity contribution < 1.29 is 14.2 Å². The summed E-state index contributed by atoms with van der Waals surface area (Å²) in [5.41, 5.74) is 0.245. The van der Waals surface area contributed by atoms with Crippen molar-refractivity contribution in [2.45, 2.75) is 103 Å². The van der Waals surface area contributed by atoms with Gasteiger partial charge < -0.3 is 19.1 Å². The van der Waals surface area contributed by atoms with E-state index < -0.39 is 0 Å². The Morgan fingerprint density at radius 3 is 2.00 bits per heavy atom. The maximum Gasteiger partial charge on any atom is 0.0829 e. The molecule has 2 heterocycles. The normalized spacial score (nSPS) is 29.6. The summed E-state index contributed by atoms with van der Waals surface area (Å²) >= 11 is 0. The van der Waals surface area contributed by atoms with Crippen LogP contribution < -0.4 is 0 Å². The first-order chi connectivity index (χ1) is 12.6. The fraction of sp³-hybridized carbons (Fsp3) is 1.00. The summed E-state index contributed by atoms with van der Waals surface area (Å²) in [4.78, 5) is 5.02.